The van der Waals surface area contributed by atoms with Crippen molar-refractivity contribution in [1.29, 1.82) is 0 Å². The van der Waals surface area contributed by atoms with Crippen molar-refractivity contribution in [3.05, 3.63) is 69.3 Å². The van der Waals surface area contributed by atoms with Crippen molar-refractivity contribution < 1.29 is 4.74 Å². The zero-order valence-electron chi connectivity index (χ0n) is 17.3. The maximum Gasteiger partial charge on any atom is 0.219 e. The molecule has 7 heteroatoms. The van der Waals surface area contributed by atoms with Crippen molar-refractivity contribution in [3.8, 4) is 11.6 Å². The molecule has 1 aromatic carbocycles. The molecule has 0 aliphatic heterocycles. The highest BCUT2D eigenvalue weighted by molar-refractivity contribution is 7.11. The molecule has 3 aromatic rings. The lowest BCUT2D eigenvalue weighted by atomic mass is 10.1. The Bertz CT molecular complexity index is 983. The van der Waals surface area contributed by atoms with Crippen molar-refractivity contribution in [1.82, 2.24) is 20.6 Å². The van der Waals surface area contributed by atoms with Crippen molar-refractivity contribution in [3.63, 3.8) is 0 Å². The summed E-state index contributed by atoms with van der Waals surface area (Å²) in [6, 6.07) is 9.95. The van der Waals surface area contributed by atoms with Gasteiger partial charge in [0.05, 0.1) is 5.01 Å². The van der Waals surface area contributed by atoms with Gasteiger partial charge in [0, 0.05) is 49.9 Å². The number of aryl methyl sites for hydroxylation is 3. The lowest BCUT2D eigenvalue weighted by Gasteiger charge is -2.12. The summed E-state index contributed by atoms with van der Waals surface area (Å²) in [5, 5.41) is 7.78. The maximum absolute atomic E-state index is 5.91. The minimum Gasteiger partial charge on any atom is -0.439 e. The summed E-state index contributed by atoms with van der Waals surface area (Å²) in [5.41, 5.74) is 3.51. The fourth-order valence-electron chi connectivity index (χ4n) is 2.73. The third-order valence-corrected chi connectivity index (χ3v) is 5.46. The Morgan fingerprint density at radius 1 is 1.07 bits per heavy atom. The number of hydrogen-bond acceptors (Lipinski definition) is 5. The van der Waals surface area contributed by atoms with Gasteiger partial charge < -0.3 is 15.4 Å². The molecule has 0 fully saturated rings. The van der Waals surface area contributed by atoms with Crippen LogP contribution in [0.3, 0.4) is 0 Å². The molecule has 29 heavy (non-hydrogen) atoms. The van der Waals surface area contributed by atoms with Gasteiger partial charge in [-0.3, -0.25) is 4.99 Å². The van der Waals surface area contributed by atoms with E-state index in [2.05, 4.69) is 52.4 Å². The van der Waals surface area contributed by atoms with E-state index in [1.165, 1.54) is 16.0 Å². The van der Waals surface area contributed by atoms with Crippen LogP contribution in [0.1, 0.15) is 26.6 Å². The van der Waals surface area contributed by atoms with Gasteiger partial charge in [0.1, 0.15) is 5.75 Å². The van der Waals surface area contributed by atoms with Crippen LogP contribution >= 0.6 is 11.3 Å². The van der Waals surface area contributed by atoms with Crippen LogP contribution in [0.15, 0.2) is 47.7 Å². The highest BCUT2D eigenvalue weighted by Gasteiger charge is 2.04. The van der Waals surface area contributed by atoms with Gasteiger partial charge in [-0.1, -0.05) is 6.07 Å². The second-order valence-corrected chi connectivity index (χ2v) is 8.14. The summed E-state index contributed by atoms with van der Waals surface area (Å²) in [4.78, 5) is 14.2. The first kappa shape index (κ1) is 20.8. The van der Waals surface area contributed by atoms with Gasteiger partial charge in [-0.25, -0.2) is 9.97 Å². The zero-order chi connectivity index (χ0) is 20.6. The molecule has 0 bridgehead atoms. The molecule has 2 aromatic heterocycles. The van der Waals surface area contributed by atoms with Crippen molar-refractivity contribution >= 4 is 17.3 Å². The molecule has 3 rings (SSSR count). The monoisotopic (exact) mass is 409 g/mol. The van der Waals surface area contributed by atoms with E-state index in [1.54, 1.807) is 24.6 Å². The van der Waals surface area contributed by atoms with Crippen molar-refractivity contribution in [2.75, 3.05) is 13.6 Å². The predicted molar refractivity (Wildman–Crippen MR) is 119 cm³/mol. The van der Waals surface area contributed by atoms with E-state index < -0.39 is 0 Å². The molecule has 2 N–H and O–H groups in total. The Morgan fingerprint density at radius 2 is 1.93 bits per heavy atom. The van der Waals surface area contributed by atoms with E-state index in [1.807, 2.05) is 30.5 Å². The average molecular weight is 410 g/mol. The van der Waals surface area contributed by atoms with Gasteiger partial charge in [0.25, 0.3) is 0 Å². The van der Waals surface area contributed by atoms with Gasteiger partial charge in [0.2, 0.25) is 5.88 Å². The van der Waals surface area contributed by atoms with Gasteiger partial charge >= 0.3 is 0 Å². The number of pyridine rings is 1. The number of ether oxygens (including phenoxy) is 1. The smallest absolute Gasteiger partial charge is 0.219 e. The first-order valence-corrected chi connectivity index (χ1v) is 10.4. The molecule has 0 radical (unpaired) electrons. The minimum absolute atomic E-state index is 0.578. The number of hydrogen-bond donors (Lipinski definition) is 2. The molecule has 152 valence electrons. The van der Waals surface area contributed by atoms with E-state index >= 15 is 0 Å². The molecule has 0 saturated carbocycles. The number of thiazole rings is 1. The van der Waals surface area contributed by atoms with E-state index in [0.29, 0.717) is 12.4 Å². The van der Waals surface area contributed by atoms with Crippen LogP contribution in [0.5, 0.6) is 11.6 Å². The molecular formula is C22H27N5OS. The Hall–Kier alpha value is -2.93. The fourth-order valence-corrected chi connectivity index (χ4v) is 3.51. The quantitative estimate of drug-likeness (QED) is 0.453. The highest BCUT2D eigenvalue weighted by Crippen LogP contribution is 2.22. The van der Waals surface area contributed by atoms with Crippen LogP contribution in [-0.2, 0) is 13.0 Å². The third-order valence-electron chi connectivity index (χ3n) is 4.48. The van der Waals surface area contributed by atoms with E-state index in [0.717, 1.165) is 35.2 Å². The third kappa shape index (κ3) is 6.29. The van der Waals surface area contributed by atoms with Crippen molar-refractivity contribution in [2.24, 2.45) is 4.99 Å². The first-order chi connectivity index (χ1) is 14.0. The Morgan fingerprint density at radius 3 is 2.66 bits per heavy atom. The van der Waals surface area contributed by atoms with Crippen LogP contribution in [0.4, 0.5) is 0 Å². The summed E-state index contributed by atoms with van der Waals surface area (Å²) in [6.45, 7) is 7.64. The topological polar surface area (TPSA) is 71.4 Å². The predicted octanol–water partition coefficient (Wildman–Crippen LogP) is 4.16. The van der Waals surface area contributed by atoms with E-state index in [-0.39, 0.29) is 0 Å². The summed E-state index contributed by atoms with van der Waals surface area (Å²) in [6.07, 6.45) is 4.55. The number of benzene rings is 1. The molecule has 6 nitrogen and oxygen atoms in total. The maximum atomic E-state index is 5.91. The Labute approximate surface area is 176 Å². The lowest BCUT2D eigenvalue weighted by Crippen LogP contribution is -2.37. The molecule has 0 saturated heterocycles. The highest BCUT2D eigenvalue weighted by atomic mass is 32.1. The lowest BCUT2D eigenvalue weighted by molar-refractivity contribution is 0.461. The summed E-state index contributed by atoms with van der Waals surface area (Å²) >= 11 is 1.73. The second kappa shape index (κ2) is 10.0. The summed E-state index contributed by atoms with van der Waals surface area (Å²) in [5.74, 6) is 2.13. The molecule has 0 spiro atoms. The SMILES string of the molecule is CN=C(NCCc1ncc(C)s1)NCc1ccnc(Oc2ccc(C)c(C)c2)c1. The average Bonchev–Trinajstić information content (AvgIpc) is 3.13. The standard InChI is InChI=1S/C22H27N5OS/c1-15-5-6-19(11-16(15)2)28-20-12-18(7-9-24-20)14-27-22(23-4)25-10-8-21-26-13-17(3)29-21/h5-7,9,11-13H,8,10,14H2,1-4H3,(H2,23,25,27). The van der Waals surface area contributed by atoms with Gasteiger partial charge in [-0.15, -0.1) is 11.3 Å². The van der Waals surface area contributed by atoms with Crippen LogP contribution in [0.25, 0.3) is 0 Å². The zero-order valence-corrected chi connectivity index (χ0v) is 18.1. The Kier molecular flexibility index (Phi) is 7.19. The number of nitrogens with one attached hydrogen (secondary N) is 2. The molecule has 2 heterocycles. The van der Waals surface area contributed by atoms with Crippen molar-refractivity contribution in [2.45, 2.75) is 33.7 Å². The summed E-state index contributed by atoms with van der Waals surface area (Å²) in [7, 11) is 1.77. The molecule has 0 aliphatic rings. The molecule has 0 amide bonds. The van der Waals surface area contributed by atoms with Gasteiger partial charge in [-0.2, -0.15) is 0 Å². The molecule has 0 atom stereocenters. The number of guanidine groups is 1. The number of rotatable bonds is 7. The first-order valence-electron chi connectivity index (χ1n) is 9.59. The van der Waals surface area contributed by atoms with Gasteiger partial charge in [-0.05, 0) is 55.7 Å². The number of aliphatic imine (C=N–C) groups is 1. The van der Waals surface area contributed by atoms with E-state index in [4.69, 9.17) is 4.74 Å². The van der Waals surface area contributed by atoms with E-state index in [9.17, 15) is 0 Å². The summed E-state index contributed by atoms with van der Waals surface area (Å²) < 4.78 is 5.91. The molecule has 0 unspecified atom stereocenters. The number of aromatic nitrogens is 2. The van der Waals surface area contributed by atoms with Crippen LogP contribution in [0, 0.1) is 20.8 Å². The van der Waals surface area contributed by atoms with Crippen LogP contribution in [-0.4, -0.2) is 29.5 Å². The molecule has 0 aliphatic carbocycles. The Balaban J connectivity index is 1.51. The fraction of sp³-hybridized carbons (Fsp3) is 0.318. The number of nitrogens with zero attached hydrogens (tertiary/aromatic N) is 3. The van der Waals surface area contributed by atoms with Crippen LogP contribution in [0.2, 0.25) is 0 Å². The normalized spacial score (nSPS) is 11.4. The second-order valence-electron chi connectivity index (χ2n) is 6.82. The minimum atomic E-state index is 0.578. The molecular weight excluding hydrogens is 382 g/mol. The largest absolute Gasteiger partial charge is 0.439 e. The van der Waals surface area contributed by atoms with Crippen LogP contribution < -0.4 is 15.4 Å². The van der Waals surface area contributed by atoms with Gasteiger partial charge in [0.15, 0.2) is 5.96 Å².